The molecule has 1 aliphatic heterocycles. The summed E-state index contributed by atoms with van der Waals surface area (Å²) in [5.74, 6) is 0.292. The number of hydrogen-bond acceptors (Lipinski definition) is 3. The molecule has 4 nitrogen and oxygen atoms in total. The first-order valence-corrected chi connectivity index (χ1v) is 3.91. The maximum atomic E-state index is 8.23. The van der Waals surface area contributed by atoms with Gasteiger partial charge in [-0.25, -0.2) is 0 Å². The highest BCUT2D eigenvalue weighted by molar-refractivity contribution is 5.79. The molecule has 3 N–H and O–H groups in total. The Kier molecular flexibility index (Phi) is 3.16. The van der Waals surface area contributed by atoms with Crippen molar-refractivity contribution in [3.05, 3.63) is 0 Å². The summed E-state index contributed by atoms with van der Waals surface area (Å²) in [6.45, 7) is 0.862. The number of nitrogens with two attached hydrogens (primary N) is 1. The van der Waals surface area contributed by atoms with Gasteiger partial charge >= 0.3 is 0 Å². The van der Waals surface area contributed by atoms with Crippen molar-refractivity contribution in [2.45, 2.75) is 31.8 Å². The van der Waals surface area contributed by atoms with Gasteiger partial charge in [-0.2, -0.15) is 0 Å². The third kappa shape index (κ3) is 2.76. The maximum Gasteiger partial charge on any atom is 0.139 e. The summed E-state index contributed by atoms with van der Waals surface area (Å²) >= 11 is 0. The van der Waals surface area contributed by atoms with Crippen LogP contribution in [0.25, 0.3) is 0 Å². The first kappa shape index (κ1) is 8.33. The van der Waals surface area contributed by atoms with E-state index in [0.717, 1.165) is 25.9 Å². The molecule has 1 aliphatic rings. The molecule has 0 saturated carbocycles. The highest BCUT2D eigenvalue weighted by atomic mass is 16.5. The Balaban J connectivity index is 2.11. The van der Waals surface area contributed by atoms with E-state index in [1.54, 1.807) is 0 Å². The molecule has 0 bridgehead atoms. The van der Waals surface area contributed by atoms with Crippen LogP contribution in [0.3, 0.4) is 0 Å². The Morgan fingerprint density at radius 2 is 2.55 bits per heavy atom. The van der Waals surface area contributed by atoms with Gasteiger partial charge in [0, 0.05) is 13.0 Å². The second-order valence-electron chi connectivity index (χ2n) is 2.77. The Hall–Kier alpha value is -0.770. The number of ether oxygens (including phenoxy) is 1. The topological polar surface area (TPSA) is 67.8 Å². The number of amidine groups is 1. The predicted molar refractivity (Wildman–Crippen MR) is 41.6 cm³/mol. The zero-order valence-corrected chi connectivity index (χ0v) is 6.49. The Bertz CT molecular complexity index is 141. The fourth-order valence-electron chi connectivity index (χ4n) is 1.23. The average molecular weight is 158 g/mol. The molecular formula is C7H14N2O2. The van der Waals surface area contributed by atoms with E-state index in [0.29, 0.717) is 18.4 Å². The van der Waals surface area contributed by atoms with Crippen LogP contribution in [-0.4, -0.2) is 23.8 Å². The third-order valence-corrected chi connectivity index (χ3v) is 1.87. The Morgan fingerprint density at radius 1 is 1.73 bits per heavy atom. The summed E-state index contributed by atoms with van der Waals surface area (Å²) in [5.41, 5.74) is 5.30. The second-order valence-corrected chi connectivity index (χ2v) is 2.77. The van der Waals surface area contributed by atoms with Crippen LogP contribution in [0.2, 0.25) is 0 Å². The van der Waals surface area contributed by atoms with Gasteiger partial charge in [-0.05, 0) is 19.3 Å². The summed E-state index contributed by atoms with van der Waals surface area (Å²) in [6.07, 6.45) is 4.08. The molecule has 1 fully saturated rings. The molecule has 0 aliphatic carbocycles. The molecule has 1 saturated heterocycles. The average Bonchev–Trinajstić information content (AvgIpc) is 2.52. The van der Waals surface area contributed by atoms with Gasteiger partial charge in [0.25, 0.3) is 0 Å². The fourth-order valence-corrected chi connectivity index (χ4v) is 1.23. The molecule has 0 amide bonds. The summed E-state index contributed by atoms with van der Waals surface area (Å²) < 4.78 is 5.36. The van der Waals surface area contributed by atoms with Gasteiger partial charge in [-0.1, -0.05) is 5.16 Å². The lowest BCUT2D eigenvalue weighted by Crippen LogP contribution is -2.15. The van der Waals surface area contributed by atoms with Crippen molar-refractivity contribution >= 4 is 5.84 Å². The van der Waals surface area contributed by atoms with Crippen molar-refractivity contribution in [3.8, 4) is 0 Å². The molecule has 0 spiro atoms. The van der Waals surface area contributed by atoms with Gasteiger partial charge in [0.15, 0.2) is 0 Å². The third-order valence-electron chi connectivity index (χ3n) is 1.87. The van der Waals surface area contributed by atoms with Crippen molar-refractivity contribution in [2.24, 2.45) is 10.9 Å². The lowest BCUT2D eigenvalue weighted by molar-refractivity contribution is 0.106. The van der Waals surface area contributed by atoms with Crippen molar-refractivity contribution in [2.75, 3.05) is 6.61 Å². The van der Waals surface area contributed by atoms with Crippen LogP contribution >= 0.6 is 0 Å². The van der Waals surface area contributed by atoms with Gasteiger partial charge in [-0.3, -0.25) is 0 Å². The highest BCUT2D eigenvalue weighted by Gasteiger charge is 2.15. The minimum atomic E-state index is 0.292. The van der Waals surface area contributed by atoms with E-state index in [-0.39, 0.29) is 0 Å². The van der Waals surface area contributed by atoms with E-state index in [1.165, 1.54) is 0 Å². The molecule has 11 heavy (non-hydrogen) atoms. The number of hydrogen-bond donors (Lipinski definition) is 2. The smallest absolute Gasteiger partial charge is 0.139 e. The molecule has 0 aromatic heterocycles. The van der Waals surface area contributed by atoms with E-state index in [9.17, 15) is 0 Å². The molecular weight excluding hydrogens is 144 g/mol. The maximum absolute atomic E-state index is 8.23. The Morgan fingerprint density at radius 3 is 3.09 bits per heavy atom. The van der Waals surface area contributed by atoms with Gasteiger partial charge in [-0.15, -0.1) is 0 Å². The second kappa shape index (κ2) is 4.18. The van der Waals surface area contributed by atoms with E-state index in [4.69, 9.17) is 15.7 Å². The van der Waals surface area contributed by atoms with E-state index >= 15 is 0 Å². The van der Waals surface area contributed by atoms with Crippen molar-refractivity contribution in [3.63, 3.8) is 0 Å². The van der Waals surface area contributed by atoms with Gasteiger partial charge < -0.3 is 15.7 Å². The van der Waals surface area contributed by atoms with Crippen molar-refractivity contribution < 1.29 is 9.94 Å². The zero-order valence-electron chi connectivity index (χ0n) is 6.49. The molecule has 0 aromatic rings. The monoisotopic (exact) mass is 158 g/mol. The van der Waals surface area contributed by atoms with Gasteiger partial charge in [0.2, 0.25) is 0 Å². The lowest BCUT2D eigenvalue weighted by atomic mass is 10.1. The van der Waals surface area contributed by atoms with Crippen LogP contribution in [0.4, 0.5) is 0 Å². The molecule has 0 radical (unpaired) electrons. The molecule has 1 unspecified atom stereocenters. The van der Waals surface area contributed by atoms with E-state index in [2.05, 4.69) is 5.16 Å². The number of oxime groups is 1. The van der Waals surface area contributed by atoms with Crippen LogP contribution in [0, 0.1) is 0 Å². The standard InChI is InChI=1S/C7H14N2O2/c8-7(9-10)4-3-6-2-1-5-11-6/h6,10H,1-5H2,(H2,8,9). The number of nitrogens with zero attached hydrogens (tertiary/aromatic N) is 1. The summed E-state index contributed by atoms with van der Waals surface area (Å²) in [5, 5.41) is 11.1. The fraction of sp³-hybridized carbons (Fsp3) is 0.857. The van der Waals surface area contributed by atoms with E-state index in [1.807, 2.05) is 0 Å². The van der Waals surface area contributed by atoms with Crippen LogP contribution in [0.5, 0.6) is 0 Å². The SMILES string of the molecule is NC(CCC1CCCO1)=NO. The van der Waals surface area contributed by atoms with Crippen LogP contribution in [0.15, 0.2) is 5.16 Å². The zero-order chi connectivity index (χ0) is 8.10. The van der Waals surface area contributed by atoms with Crippen molar-refractivity contribution in [1.29, 1.82) is 0 Å². The number of rotatable bonds is 3. The molecule has 1 heterocycles. The summed E-state index contributed by atoms with van der Waals surface area (Å²) in [6, 6.07) is 0. The molecule has 64 valence electrons. The van der Waals surface area contributed by atoms with Crippen molar-refractivity contribution in [1.82, 2.24) is 0 Å². The van der Waals surface area contributed by atoms with Gasteiger partial charge in [0.1, 0.15) is 5.84 Å². The Labute approximate surface area is 66.0 Å². The highest BCUT2D eigenvalue weighted by Crippen LogP contribution is 2.16. The molecule has 0 aromatic carbocycles. The largest absolute Gasteiger partial charge is 0.409 e. The molecule has 1 atom stereocenters. The predicted octanol–water partition coefficient (Wildman–Crippen LogP) is 0.692. The lowest BCUT2D eigenvalue weighted by Gasteiger charge is -2.06. The van der Waals surface area contributed by atoms with Gasteiger partial charge in [0.05, 0.1) is 6.10 Å². The first-order valence-electron chi connectivity index (χ1n) is 3.91. The molecule has 4 heteroatoms. The quantitative estimate of drug-likeness (QED) is 0.275. The first-order chi connectivity index (χ1) is 5.33. The van der Waals surface area contributed by atoms with Crippen LogP contribution in [0.1, 0.15) is 25.7 Å². The van der Waals surface area contributed by atoms with E-state index < -0.39 is 0 Å². The van der Waals surface area contributed by atoms with Crippen LogP contribution in [-0.2, 0) is 4.74 Å². The minimum Gasteiger partial charge on any atom is -0.409 e. The van der Waals surface area contributed by atoms with Crippen LogP contribution < -0.4 is 5.73 Å². The summed E-state index contributed by atoms with van der Waals surface area (Å²) in [4.78, 5) is 0. The summed E-state index contributed by atoms with van der Waals surface area (Å²) in [7, 11) is 0. The molecule has 1 rings (SSSR count). The minimum absolute atomic E-state index is 0.292. The normalized spacial score (nSPS) is 25.8.